The number of guanidine groups is 1. The maximum Gasteiger partial charge on any atom is 0.191 e. The lowest BCUT2D eigenvalue weighted by Gasteiger charge is -2.18. The quantitative estimate of drug-likeness (QED) is 0.285. The van der Waals surface area contributed by atoms with Crippen LogP contribution < -0.4 is 10.6 Å². The number of aromatic nitrogens is 2. The van der Waals surface area contributed by atoms with E-state index in [0.29, 0.717) is 12.5 Å². The third kappa shape index (κ3) is 8.92. The van der Waals surface area contributed by atoms with E-state index in [-0.39, 0.29) is 30.6 Å². The Hall–Kier alpha value is -0.830. The number of aliphatic hydroxyl groups is 1. The van der Waals surface area contributed by atoms with Crippen LogP contribution in [0.2, 0.25) is 0 Å². The Morgan fingerprint density at radius 1 is 1.38 bits per heavy atom. The number of nitrogens with one attached hydrogen (secondary N) is 3. The van der Waals surface area contributed by atoms with Crippen molar-refractivity contribution in [3.8, 4) is 0 Å². The molecular weight excluding hydrogens is 381 g/mol. The maximum atomic E-state index is 9.08. The largest absolute Gasteiger partial charge is 0.396 e. The minimum Gasteiger partial charge on any atom is -0.396 e. The van der Waals surface area contributed by atoms with Gasteiger partial charge in [0.15, 0.2) is 5.96 Å². The molecule has 0 aliphatic carbocycles. The number of rotatable bonds is 9. The van der Waals surface area contributed by atoms with Gasteiger partial charge in [0.2, 0.25) is 0 Å². The average Bonchev–Trinajstić information content (AvgIpc) is 2.95. The van der Waals surface area contributed by atoms with Gasteiger partial charge in [0.05, 0.1) is 12.2 Å². The van der Waals surface area contributed by atoms with E-state index >= 15 is 0 Å². The lowest BCUT2D eigenvalue weighted by Crippen LogP contribution is -2.40. The van der Waals surface area contributed by atoms with Crippen LogP contribution >= 0.6 is 24.0 Å². The van der Waals surface area contributed by atoms with E-state index in [1.807, 2.05) is 13.0 Å². The molecule has 4 N–H and O–H groups in total. The van der Waals surface area contributed by atoms with Gasteiger partial charge in [-0.15, -0.1) is 24.0 Å². The lowest BCUT2D eigenvalue weighted by atomic mass is 10.0. The maximum absolute atomic E-state index is 9.08. The zero-order valence-corrected chi connectivity index (χ0v) is 15.3. The van der Waals surface area contributed by atoms with Gasteiger partial charge < -0.3 is 15.7 Å². The first-order valence-corrected chi connectivity index (χ1v) is 7.41. The number of H-pyrrole nitrogens is 1. The molecular formula is C14H28IN5O. The Bertz CT molecular complexity index is 363. The van der Waals surface area contributed by atoms with Gasteiger partial charge in [-0.05, 0) is 31.7 Å². The number of aliphatic imine (C=N–C) groups is 1. The van der Waals surface area contributed by atoms with Crippen LogP contribution in [0.5, 0.6) is 0 Å². The van der Waals surface area contributed by atoms with Crippen molar-refractivity contribution in [1.82, 2.24) is 20.8 Å². The summed E-state index contributed by atoms with van der Waals surface area (Å²) in [7, 11) is 0. The van der Waals surface area contributed by atoms with E-state index in [1.54, 1.807) is 6.20 Å². The fraction of sp³-hybridized carbons (Fsp3) is 0.714. The zero-order valence-electron chi connectivity index (χ0n) is 12.9. The Kier molecular flexibility index (Phi) is 12.4. The highest BCUT2D eigenvalue weighted by Gasteiger charge is 2.08. The summed E-state index contributed by atoms with van der Waals surface area (Å²) in [5.41, 5.74) is 0.989. The number of hydrogen-bond donors (Lipinski definition) is 4. The molecule has 1 aromatic rings. The van der Waals surface area contributed by atoms with Gasteiger partial charge in [-0.1, -0.05) is 13.3 Å². The van der Waals surface area contributed by atoms with Crippen LogP contribution in [0.3, 0.4) is 0 Å². The van der Waals surface area contributed by atoms with Gasteiger partial charge in [-0.2, -0.15) is 5.10 Å². The van der Waals surface area contributed by atoms with Gasteiger partial charge in [-0.3, -0.25) is 5.10 Å². The highest BCUT2D eigenvalue weighted by atomic mass is 127. The molecule has 7 heteroatoms. The fourth-order valence-corrected chi connectivity index (χ4v) is 2.06. The second-order valence-corrected chi connectivity index (χ2v) is 4.82. The topological polar surface area (TPSA) is 85.3 Å². The normalized spacial score (nSPS) is 12.6. The highest BCUT2D eigenvalue weighted by molar-refractivity contribution is 14.0. The minimum absolute atomic E-state index is 0. The second kappa shape index (κ2) is 12.9. The third-order valence-electron chi connectivity index (χ3n) is 3.10. The SMILES string of the molecule is CCCC(CCO)CNC(=NCc1ccn[nH]1)NCC.I. The zero-order chi connectivity index (χ0) is 14.6. The number of nitrogens with zero attached hydrogens (tertiary/aromatic N) is 2. The van der Waals surface area contributed by atoms with Crippen LogP contribution in [-0.4, -0.2) is 41.0 Å². The first-order chi connectivity index (χ1) is 9.80. The van der Waals surface area contributed by atoms with E-state index in [1.165, 1.54) is 0 Å². The summed E-state index contributed by atoms with van der Waals surface area (Å²) in [6.45, 7) is 6.70. The molecule has 21 heavy (non-hydrogen) atoms. The van der Waals surface area contributed by atoms with Crippen LogP contribution in [0, 0.1) is 5.92 Å². The van der Waals surface area contributed by atoms with E-state index in [0.717, 1.165) is 44.0 Å². The fourth-order valence-electron chi connectivity index (χ4n) is 2.06. The molecule has 0 bridgehead atoms. The van der Waals surface area contributed by atoms with Crippen molar-refractivity contribution in [3.05, 3.63) is 18.0 Å². The molecule has 0 aromatic carbocycles. The predicted molar refractivity (Wildman–Crippen MR) is 96.9 cm³/mol. The molecule has 0 saturated carbocycles. The smallest absolute Gasteiger partial charge is 0.191 e. The Labute approximate surface area is 144 Å². The average molecular weight is 409 g/mol. The molecule has 0 fully saturated rings. The molecule has 1 unspecified atom stereocenters. The van der Waals surface area contributed by atoms with Gasteiger partial charge in [0, 0.05) is 25.9 Å². The summed E-state index contributed by atoms with van der Waals surface area (Å²) in [5.74, 6) is 1.29. The monoisotopic (exact) mass is 409 g/mol. The van der Waals surface area contributed by atoms with Crippen molar-refractivity contribution >= 4 is 29.9 Å². The van der Waals surface area contributed by atoms with Crippen LogP contribution in [0.4, 0.5) is 0 Å². The van der Waals surface area contributed by atoms with Crippen molar-refractivity contribution in [2.24, 2.45) is 10.9 Å². The number of halogens is 1. The molecule has 1 aromatic heterocycles. The van der Waals surface area contributed by atoms with Crippen LogP contribution in [-0.2, 0) is 6.54 Å². The number of aliphatic hydroxyl groups excluding tert-OH is 1. The first kappa shape index (κ1) is 20.2. The molecule has 0 aliphatic heterocycles. The molecule has 1 heterocycles. The molecule has 6 nitrogen and oxygen atoms in total. The Morgan fingerprint density at radius 3 is 2.76 bits per heavy atom. The molecule has 1 rings (SSSR count). The molecule has 1 atom stereocenters. The van der Waals surface area contributed by atoms with Gasteiger partial charge >= 0.3 is 0 Å². The first-order valence-electron chi connectivity index (χ1n) is 7.41. The van der Waals surface area contributed by atoms with Gasteiger partial charge in [0.25, 0.3) is 0 Å². The summed E-state index contributed by atoms with van der Waals surface area (Å²) >= 11 is 0. The molecule has 0 saturated heterocycles. The summed E-state index contributed by atoms with van der Waals surface area (Å²) < 4.78 is 0. The molecule has 0 radical (unpaired) electrons. The van der Waals surface area contributed by atoms with Crippen molar-refractivity contribution in [2.75, 3.05) is 19.7 Å². The van der Waals surface area contributed by atoms with Crippen LogP contribution in [0.25, 0.3) is 0 Å². The van der Waals surface area contributed by atoms with Crippen molar-refractivity contribution < 1.29 is 5.11 Å². The van der Waals surface area contributed by atoms with E-state index in [2.05, 4.69) is 32.7 Å². The molecule has 0 aliphatic rings. The minimum atomic E-state index is 0. The van der Waals surface area contributed by atoms with Crippen molar-refractivity contribution in [3.63, 3.8) is 0 Å². The summed E-state index contributed by atoms with van der Waals surface area (Å²) in [5, 5.41) is 22.4. The van der Waals surface area contributed by atoms with E-state index in [9.17, 15) is 0 Å². The lowest BCUT2D eigenvalue weighted by molar-refractivity contribution is 0.251. The van der Waals surface area contributed by atoms with E-state index in [4.69, 9.17) is 5.11 Å². The third-order valence-corrected chi connectivity index (χ3v) is 3.10. The van der Waals surface area contributed by atoms with Gasteiger partial charge in [0.1, 0.15) is 0 Å². The second-order valence-electron chi connectivity index (χ2n) is 4.82. The van der Waals surface area contributed by atoms with Crippen LogP contribution in [0.1, 0.15) is 38.8 Å². The standard InChI is InChI=1S/C14H27N5O.HI/c1-3-5-12(7-9-20)10-16-14(15-4-2)17-11-13-6-8-18-19-13;/h6,8,12,20H,3-5,7,9-11H2,1-2H3,(H,18,19)(H2,15,16,17);1H. The summed E-state index contributed by atoms with van der Waals surface area (Å²) in [4.78, 5) is 4.51. The summed E-state index contributed by atoms with van der Waals surface area (Å²) in [6.07, 6.45) is 4.81. The van der Waals surface area contributed by atoms with Crippen molar-refractivity contribution in [1.29, 1.82) is 0 Å². The van der Waals surface area contributed by atoms with Crippen molar-refractivity contribution in [2.45, 2.75) is 39.7 Å². The van der Waals surface area contributed by atoms with Gasteiger partial charge in [-0.25, -0.2) is 4.99 Å². The number of aromatic amines is 1. The molecule has 0 spiro atoms. The summed E-state index contributed by atoms with van der Waals surface area (Å²) in [6, 6.07) is 1.92. The Morgan fingerprint density at radius 2 is 2.19 bits per heavy atom. The van der Waals surface area contributed by atoms with E-state index < -0.39 is 0 Å². The molecule has 122 valence electrons. The highest BCUT2D eigenvalue weighted by Crippen LogP contribution is 2.09. The Balaban J connectivity index is 0.00000400. The van der Waals surface area contributed by atoms with Crippen LogP contribution in [0.15, 0.2) is 17.3 Å². The molecule has 0 amide bonds. The predicted octanol–water partition coefficient (Wildman–Crippen LogP) is 1.88. The number of hydrogen-bond acceptors (Lipinski definition) is 3.